The third kappa shape index (κ3) is 3.47. The molecule has 0 saturated heterocycles. The summed E-state index contributed by atoms with van der Waals surface area (Å²) < 4.78 is 0. The zero-order valence-corrected chi connectivity index (χ0v) is 13.6. The maximum absolute atomic E-state index is 12.9. The first-order valence-electron chi connectivity index (χ1n) is 7.81. The van der Waals surface area contributed by atoms with Gasteiger partial charge in [0.1, 0.15) is 0 Å². The van der Waals surface area contributed by atoms with E-state index in [1.54, 1.807) is 55.5 Å². The van der Waals surface area contributed by atoms with Crippen molar-refractivity contribution in [2.24, 2.45) is 0 Å². The Labute approximate surface area is 145 Å². The van der Waals surface area contributed by atoms with Gasteiger partial charge in [0.15, 0.2) is 5.78 Å². The quantitative estimate of drug-likeness (QED) is 0.492. The molecular weight excluding hydrogens is 319 g/mol. The fourth-order valence-corrected chi connectivity index (χ4v) is 2.85. The second-order valence-corrected chi connectivity index (χ2v) is 5.81. The SMILES string of the molecule is CC1=C(C(=O)c2ccccc2)C(c2ccc(B(O)O)cc2)NC(=O)N1. The van der Waals surface area contributed by atoms with Gasteiger partial charge in [-0.3, -0.25) is 4.79 Å². The summed E-state index contributed by atoms with van der Waals surface area (Å²) in [5, 5.41) is 23.8. The molecule has 25 heavy (non-hydrogen) atoms. The van der Waals surface area contributed by atoms with Crippen LogP contribution in [-0.2, 0) is 0 Å². The minimum atomic E-state index is -1.57. The zero-order chi connectivity index (χ0) is 18.0. The number of rotatable bonds is 4. The fraction of sp³-hybridized carbons (Fsp3) is 0.111. The third-order valence-electron chi connectivity index (χ3n) is 4.12. The van der Waals surface area contributed by atoms with Crippen molar-refractivity contribution in [1.82, 2.24) is 10.6 Å². The van der Waals surface area contributed by atoms with E-state index in [0.29, 0.717) is 27.9 Å². The normalized spacial score (nSPS) is 16.9. The molecular formula is C18H17BN2O4. The summed E-state index contributed by atoms with van der Waals surface area (Å²) in [4.78, 5) is 24.8. The second kappa shape index (κ2) is 6.92. The number of carbonyl (C=O) groups excluding carboxylic acids is 2. The van der Waals surface area contributed by atoms with E-state index in [1.807, 2.05) is 6.07 Å². The Morgan fingerprint density at radius 3 is 2.28 bits per heavy atom. The fourth-order valence-electron chi connectivity index (χ4n) is 2.85. The molecule has 0 saturated carbocycles. The van der Waals surface area contributed by atoms with Crippen LogP contribution in [0.4, 0.5) is 4.79 Å². The van der Waals surface area contributed by atoms with Crippen LogP contribution in [0.25, 0.3) is 0 Å². The van der Waals surface area contributed by atoms with Crippen LogP contribution in [0, 0.1) is 0 Å². The molecule has 0 fully saturated rings. The highest BCUT2D eigenvalue weighted by Crippen LogP contribution is 2.29. The standard InChI is InChI=1S/C18H17BN2O4/c1-11-15(17(22)13-5-3-2-4-6-13)16(21-18(23)20-11)12-7-9-14(10-8-12)19(24)25/h2-10,16,24-25H,1H3,(H2,20,21,23). The lowest BCUT2D eigenvalue weighted by Gasteiger charge is -2.28. The van der Waals surface area contributed by atoms with Crippen molar-refractivity contribution in [2.75, 3.05) is 0 Å². The lowest BCUT2D eigenvalue weighted by Crippen LogP contribution is -2.45. The first-order valence-corrected chi connectivity index (χ1v) is 7.81. The Bertz CT molecular complexity index is 832. The minimum Gasteiger partial charge on any atom is -0.423 e. The van der Waals surface area contributed by atoms with Crippen LogP contribution in [0.2, 0.25) is 0 Å². The van der Waals surface area contributed by atoms with Crippen molar-refractivity contribution in [1.29, 1.82) is 0 Å². The molecule has 1 heterocycles. The molecule has 0 aliphatic carbocycles. The maximum Gasteiger partial charge on any atom is 0.488 e. The van der Waals surface area contributed by atoms with Gasteiger partial charge in [-0.25, -0.2) is 4.79 Å². The Balaban J connectivity index is 2.02. The van der Waals surface area contributed by atoms with Gasteiger partial charge in [-0.1, -0.05) is 54.6 Å². The first-order chi connectivity index (χ1) is 12.0. The summed E-state index contributed by atoms with van der Waals surface area (Å²) in [6, 6.07) is 14.3. The van der Waals surface area contributed by atoms with Gasteiger partial charge in [-0.15, -0.1) is 0 Å². The second-order valence-electron chi connectivity index (χ2n) is 5.81. The van der Waals surface area contributed by atoms with E-state index < -0.39 is 19.2 Å². The number of allylic oxidation sites excluding steroid dienone is 1. The average Bonchev–Trinajstić information content (AvgIpc) is 2.61. The van der Waals surface area contributed by atoms with Gasteiger partial charge in [-0.05, 0) is 17.9 Å². The number of carbonyl (C=O) groups is 2. The summed E-state index contributed by atoms with van der Waals surface area (Å²) in [5.74, 6) is -0.179. The molecule has 0 bridgehead atoms. The van der Waals surface area contributed by atoms with Crippen molar-refractivity contribution >= 4 is 24.4 Å². The Hall–Kier alpha value is -2.90. The highest BCUT2D eigenvalue weighted by Gasteiger charge is 2.31. The van der Waals surface area contributed by atoms with Gasteiger partial charge < -0.3 is 20.7 Å². The topological polar surface area (TPSA) is 98.7 Å². The highest BCUT2D eigenvalue weighted by atomic mass is 16.4. The molecule has 1 aliphatic heterocycles. The van der Waals surface area contributed by atoms with Crippen LogP contribution < -0.4 is 16.1 Å². The Morgan fingerprint density at radius 2 is 1.68 bits per heavy atom. The van der Waals surface area contributed by atoms with Crippen LogP contribution >= 0.6 is 0 Å². The molecule has 2 aromatic rings. The summed E-state index contributed by atoms with van der Waals surface area (Å²) >= 11 is 0. The molecule has 1 unspecified atom stereocenters. The third-order valence-corrected chi connectivity index (χ3v) is 4.12. The number of benzene rings is 2. The molecule has 7 heteroatoms. The average molecular weight is 336 g/mol. The van der Waals surface area contributed by atoms with E-state index in [-0.39, 0.29) is 5.78 Å². The molecule has 0 radical (unpaired) electrons. The summed E-state index contributed by atoms with van der Waals surface area (Å²) in [6.07, 6.45) is 0. The molecule has 0 aromatic heterocycles. The predicted molar refractivity (Wildman–Crippen MR) is 94.1 cm³/mol. The van der Waals surface area contributed by atoms with E-state index >= 15 is 0 Å². The number of ketones is 1. The molecule has 3 rings (SSSR count). The lowest BCUT2D eigenvalue weighted by atomic mass is 9.79. The number of hydrogen-bond donors (Lipinski definition) is 4. The first kappa shape index (κ1) is 16.9. The van der Waals surface area contributed by atoms with Crippen LogP contribution in [0.3, 0.4) is 0 Å². The van der Waals surface area contributed by atoms with E-state index in [1.165, 1.54) is 0 Å². The molecule has 0 spiro atoms. The molecule has 1 atom stereocenters. The van der Waals surface area contributed by atoms with Gasteiger partial charge in [0.2, 0.25) is 0 Å². The maximum atomic E-state index is 12.9. The lowest BCUT2D eigenvalue weighted by molar-refractivity contribution is 0.102. The van der Waals surface area contributed by atoms with Crippen molar-refractivity contribution in [3.05, 3.63) is 77.0 Å². The Kier molecular flexibility index (Phi) is 4.69. The zero-order valence-electron chi connectivity index (χ0n) is 13.6. The molecule has 126 valence electrons. The molecule has 6 nitrogen and oxygen atoms in total. The number of urea groups is 1. The summed E-state index contributed by atoms with van der Waals surface area (Å²) in [5.41, 5.74) is 2.48. The molecule has 1 aliphatic rings. The van der Waals surface area contributed by atoms with Crippen LogP contribution in [0.1, 0.15) is 28.9 Å². The van der Waals surface area contributed by atoms with Gasteiger partial charge >= 0.3 is 13.1 Å². The number of Topliss-reactive ketones (excluding diaryl/α,β-unsaturated/α-hetero) is 1. The van der Waals surface area contributed by atoms with Gasteiger partial charge in [0, 0.05) is 16.8 Å². The van der Waals surface area contributed by atoms with Crippen molar-refractivity contribution in [2.45, 2.75) is 13.0 Å². The monoisotopic (exact) mass is 336 g/mol. The van der Waals surface area contributed by atoms with E-state index in [2.05, 4.69) is 10.6 Å². The summed E-state index contributed by atoms with van der Waals surface area (Å²) in [7, 11) is -1.57. The smallest absolute Gasteiger partial charge is 0.423 e. The molecule has 4 N–H and O–H groups in total. The van der Waals surface area contributed by atoms with E-state index in [9.17, 15) is 19.6 Å². The highest BCUT2D eigenvalue weighted by molar-refractivity contribution is 6.58. The van der Waals surface area contributed by atoms with E-state index in [4.69, 9.17) is 0 Å². The van der Waals surface area contributed by atoms with Gasteiger partial charge in [-0.2, -0.15) is 0 Å². The number of hydrogen-bond acceptors (Lipinski definition) is 4. The van der Waals surface area contributed by atoms with Gasteiger partial charge in [0.05, 0.1) is 6.04 Å². The van der Waals surface area contributed by atoms with Crippen molar-refractivity contribution in [3.63, 3.8) is 0 Å². The Morgan fingerprint density at radius 1 is 1.04 bits per heavy atom. The minimum absolute atomic E-state index is 0.179. The molecule has 2 aromatic carbocycles. The van der Waals surface area contributed by atoms with Crippen LogP contribution in [-0.4, -0.2) is 29.0 Å². The van der Waals surface area contributed by atoms with E-state index in [0.717, 1.165) is 0 Å². The number of amides is 2. The summed E-state index contributed by atoms with van der Waals surface area (Å²) in [6.45, 7) is 1.69. The van der Waals surface area contributed by atoms with Crippen LogP contribution in [0.15, 0.2) is 65.9 Å². The number of nitrogens with one attached hydrogen (secondary N) is 2. The largest absolute Gasteiger partial charge is 0.488 e. The van der Waals surface area contributed by atoms with Crippen molar-refractivity contribution < 1.29 is 19.6 Å². The predicted octanol–water partition coefficient (Wildman–Crippen LogP) is 0.877. The van der Waals surface area contributed by atoms with Crippen LogP contribution in [0.5, 0.6) is 0 Å². The molecule has 2 amide bonds. The van der Waals surface area contributed by atoms with Crippen molar-refractivity contribution in [3.8, 4) is 0 Å². The van der Waals surface area contributed by atoms with Gasteiger partial charge in [0.25, 0.3) is 0 Å².